The Kier molecular flexibility index (Phi) is 12.3. The third-order valence-electron chi connectivity index (χ3n) is 2.23. The Morgan fingerprint density at radius 3 is 2.00 bits per heavy atom. The van der Waals surface area contributed by atoms with Crippen LogP contribution in [0.4, 0.5) is 0 Å². The van der Waals surface area contributed by atoms with Gasteiger partial charge < -0.3 is 9.53 Å². The standard InChI is InChI=1S/C13H22O4/c1-16-13(17-15)11-9-7-5-3-2-4-6-8-10-12-14/h4-7,12-13,15H,2-3,8-11H2,1H3/b6-4+,7-5+. The molecular weight excluding hydrogens is 220 g/mol. The van der Waals surface area contributed by atoms with E-state index in [1.165, 1.54) is 7.11 Å². The van der Waals surface area contributed by atoms with Gasteiger partial charge in [-0.1, -0.05) is 24.3 Å². The van der Waals surface area contributed by atoms with Crippen molar-refractivity contribution in [2.75, 3.05) is 7.11 Å². The molecule has 0 aliphatic rings. The molecule has 98 valence electrons. The van der Waals surface area contributed by atoms with E-state index in [1.807, 2.05) is 12.2 Å². The minimum absolute atomic E-state index is 0.539. The van der Waals surface area contributed by atoms with Crippen molar-refractivity contribution in [3.63, 3.8) is 0 Å². The summed E-state index contributed by atoms with van der Waals surface area (Å²) in [5.41, 5.74) is 0. The molecule has 0 aromatic rings. The Balaban J connectivity index is 3.36. The fourth-order valence-corrected chi connectivity index (χ4v) is 1.27. The van der Waals surface area contributed by atoms with E-state index in [1.54, 1.807) is 0 Å². The zero-order valence-electron chi connectivity index (χ0n) is 10.4. The molecular formula is C13H22O4. The lowest BCUT2D eigenvalue weighted by Gasteiger charge is -2.08. The van der Waals surface area contributed by atoms with E-state index in [0.717, 1.165) is 32.0 Å². The predicted octanol–water partition coefficient (Wildman–Crippen LogP) is 3.10. The van der Waals surface area contributed by atoms with Crippen molar-refractivity contribution in [1.82, 2.24) is 0 Å². The Labute approximate surface area is 103 Å². The van der Waals surface area contributed by atoms with Crippen LogP contribution in [-0.2, 0) is 14.4 Å². The van der Waals surface area contributed by atoms with Crippen LogP contribution in [0, 0.1) is 0 Å². The van der Waals surface area contributed by atoms with E-state index in [0.29, 0.717) is 12.8 Å². The summed E-state index contributed by atoms with van der Waals surface area (Å²) in [7, 11) is 1.49. The molecule has 0 bridgehead atoms. The first kappa shape index (κ1) is 16.0. The fraction of sp³-hybridized carbons (Fsp3) is 0.615. The molecule has 1 atom stereocenters. The summed E-state index contributed by atoms with van der Waals surface area (Å²) in [6.07, 6.45) is 13.5. The normalized spacial score (nSPS) is 13.5. The molecule has 17 heavy (non-hydrogen) atoms. The molecule has 0 aliphatic carbocycles. The smallest absolute Gasteiger partial charge is 0.190 e. The molecule has 0 aromatic heterocycles. The highest BCUT2D eigenvalue weighted by atomic mass is 17.1. The lowest BCUT2D eigenvalue weighted by molar-refractivity contribution is -0.341. The molecule has 0 aromatic carbocycles. The van der Waals surface area contributed by atoms with E-state index >= 15 is 0 Å². The number of unbranched alkanes of at least 4 members (excludes halogenated alkanes) is 2. The third kappa shape index (κ3) is 11.3. The SMILES string of the molecule is COC(CC/C=C/CC/C=C/CCC=O)OO. The van der Waals surface area contributed by atoms with Crippen LogP contribution in [0.1, 0.15) is 38.5 Å². The van der Waals surface area contributed by atoms with Crippen LogP contribution in [-0.4, -0.2) is 24.9 Å². The van der Waals surface area contributed by atoms with Crippen molar-refractivity contribution in [2.45, 2.75) is 44.8 Å². The van der Waals surface area contributed by atoms with E-state index < -0.39 is 6.29 Å². The average molecular weight is 242 g/mol. The first-order valence-corrected chi connectivity index (χ1v) is 5.91. The topological polar surface area (TPSA) is 55.8 Å². The number of carbonyl (C=O) groups is 1. The second-order valence-corrected chi connectivity index (χ2v) is 3.61. The lowest BCUT2D eigenvalue weighted by atomic mass is 10.2. The molecule has 0 amide bonds. The number of ether oxygens (including phenoxy) is 1. The fourth-order valence-electron chi connectivity index (χ4n) is 1.27. The quantitative estimate of drug-likeness (QED) is 0.151. The second kappa shape index (κ2) is 13.1. The van der Waals surface area contributed by atoms with Gasteiger partial charge in [-0.3, -0.25) is 0 Å². The zero-order valence-corrected chi connectivity index (χ0v) is 10.4. The number of methoxy groups -OCH3 is 1. The number of hydrogen-bond acceptors (Lipinski definition) is 4. The van der Waals surface area contributed by atoms with Crippen molar-refractivity contribution < 1.29 is 19.7 Å². The van der Waals surface area contributed by atoms with Crippen LogP contribution in [0.5, 0.6) is 0 Å². The molecule has 0 saturated carbocycles. The highest BCUT2D eigenvalue weighted by Gasteiger charge is 2.03. The maximum atomic E-state index is 10.0. The summed E-state index contributed by atoms with van der Waals surface area (Å²) < 4.78 is 4.84. The molecule has 0 aliphatic heterocycles. The molecule has 4 nitrogen and oxygen atoms in total. The minimum Gasteiger partial charge on any atom is -0.353 e. The monoisotopic (exact) mass is 242 g/mol. The van der Waals surface area contributed by atoms with Gasteiger partial charge in [0.25, 0.3) is 0 Å². The van der Waals surface area contributed by atoms with E-state index in [4.69, 9.17) is 9.99 Å². The van der Waals surface area contributed by atoms with Crippen LogP contribution in [0.25, 0.3) is 0 Å². The van der Waals surface area contributed by atoms with Gasteiger partial charge in [0.1, 0.15) is 6.29 Å². The number of hydrogen-bond donors (Lipinski definition) is 1. The number of carbonyl (C=O) groups excluding carboxylic acids is 1. The van der Waals surface area contributed by atoms with Crippen molar-refractivity contribution in [1.29, 1.82) is 0 Å². The number of rotatable bonds is 11. The number of aldehydes is 1. The van der Waals surface area contributed by atoms with Crippen LogP contribution in [0.15, 0.2) is 24.3 Å². The maximum absolute atomic E-state index is 10.0. The van der Waals surface area contributed by atoms with Gasteiger partial charge >= 0.3 is 0 Å². The van der Waals surface area contributed by atoms with Gasteiger partial charge in [-0.25, -0.2) is 10.1 Å². The Hall–Kier alpha value is -0.970. The highest BCUT2D eigenvalue weighted by molar-refractivity contribution is 5.49. The number of allylic oxidation sites excluding steroid dienone is 4. The summed E-state index contributed by atoms with van der Waals surface area (Å²) in [5, 5.41) is 8.39. The molecule has 0 heterocycles. The summed E-state index contributed by atoms with van der Waals surface area (Å²) in [5.74, 6) is 0. The van der Waals surface area contributed by atoms with E-state index in [-0.39, 0.29) is 0 Å². The molecule has 0 fully saturated rings. The van der Waals surface area contributed by atoms with Gasteiger partial charge in [-0.2, -0.15) is 0 Å². The van der Waals surface area contributed by atoms with Crippen molar-refractivity contribution in [3.05, 3.63) is 24.3 Å². The van der Waals surface area contributed by atoms with Gasteiger partial charge in [-0.15, -0.1) is 0 Å². The molecule has 0 rings (SSSR count). The summed E-state index contributed by atoms with van der Waals surface area (Å²) in [6.45, 7) is 0. The Bertz CT molecular complexity index is 219. The van der Waals surface area contributed by atoms with Crippen molar-refractivity contribution in [3.8, 4) is 0 Å². The van der Waals surface area contributed by atoms with Crippen molar-refractivity contribution >= 4 is 6.29 Å². The average Bonchev–Trinajstić information content (AvgIpc) is 2.36. The van der Waals surface area contributed by atoms with Crippen LogP contribution >= 0.6 is 0 Å². The van der Waals surface area contributed by atoms with Crippen LogP contribution < -0.4 is 0 Å². The maximum Gasteiger partial charge on any atom is 0.190 e. The Morgan fingerprint density at radius 2 is 1.53 bits per heavy atom. The largest absolute Gasteiger partial charge is 0.353 e. The zero-order chi connectivity index (χ0) is 12.8. The summed E-state index contributed by atoms with van der Waals surface area (Å²) in [6, 6.07) is 0. The molecule has 0 saturated heterocycles. The molecule has 0 spiro atoms. The van der Waals surface area contributed by atoms with Gasteiger partial charge in [0.2, 0.25) is 0 Å². The predicted molar refractivity (Wildman–Crippen MR) is 66.6 cm³/mol. The molecule has 1 unspecified atom stereocenters. The first-order chi connectivity index (χ1) is 8.35. The summed E-state index contributed by atoms with van der Waals surface area (Å²) in [4.78, 5) is 14.1. The Morgan fingerprint density at radius 1 is 1.00 bits per heavy atom. The van der Waals surface area contributed by atoms with E-state index in [2.05, 4.69) is 17.0 Å². The van der Waals surface area contributed by atoms with E-state index in [9.17, 15) is 4.79 Å². The molecule has 0 radical (unpaired) electrons. The molecule has 1 N–H and O–H groups in total. The third-order valence-corrected chi connectivity index (χ3v) is 2.23. The summed E-state index contributed by atoms with van der Waals surface area (Å²) >= 11 is 0. The lowest BCUT2D eigenvalue weighted by Crippen LogP contribution is -2.12. The highest BCUT2D eigenvalue weighted by Crippen LogP contribution is 2.03. The van der Waals surface area contributed by atoms with Gasteiger partial charge in [-0.05, 0) is 25.7 Å². The minimum atomic E-state index is -0.539. The van der Waals surface area contributed by atoms with Crippen LogP contribution in [0.2, 0.25) is 0 Å². The second-order valence-electron chi connectivity index (χ2n) is 3.61. The van der Waals surface area contributed by atoms with Gasteiger partial charge in [0, 0.05) is 20.0 Å². The molecule has 4 heteroatoms. The van der Waals surface area contributed by atoms with Crippen LogP contribution in [0.3, 0.4) is 0 Å². The first-order valence-electron chi connectivity index (χ1n) is 5.91. The van der Waals surface area contributed by atoms with Gasteiger partial charge in [0.15, 0.2) is 6.29 Å². The van der Waals surface area contributed by atoms with Crippen molar-refractivity contribution in [2.24, 2.45) is 0 Å². The van der Waals surface area contributed by atoms with Gasteiger partial charge in [0.05, 0.1) is 0 Å².